The van der Waals surface area contributed by atoms with E-state index in [0.29, 0.717) is 12.1 Å². The van der Waals surface area contributed by atoms with Gasteiger partial charge in [-0.15, -0.1) is 0 Å². The molecule has 0 spiro atoms. The van der Waals surface area contributed by atoms with Crippen molar-refractivity contribution in [2.24, 2.45) is 0 Å². The number of nitrogen functional groups attached to an aromatic ring is 1. The highest BCUT2D eigenvalue weighted by atomic mass is 32.2. The molecule has 1 aromatic carbocycles. The molecule has 1 rings (SSSR count). The molecule has 0 saturated carbocycles. The van der Waals surface area contributed by atoms with Gasteiger partial charge in [-0.05, 0) is 6.07 Å². The van der Waals surface area contributed by atoms with E-state index in [9.17, 15) is 21.4 Å². The number of nitrogens with two attached hydrogens (primary N) is 1. The second-order valence-electron chi connectivity index (χ2n) is 3.48. The van der Waals surface area contributed by atoms with Gasteiger partial charge < -0.3 is 5.73 Å². The van der Waals surface area contributed by atoms with Crippen molar-refractivity contribution in [1.29, 1.82) is 0 Å². The zero-order chi connectivity index (χ0) is 13.9. The van der Waals surface area contributed by atoms with Crippen molar-refractivity contribution in [2.75, 3.05) is 24.3 Å². The molecule has 0 aliphatic heterocycles. The standard InChI is InChI=1S/C9H12F2N2O3S2/c1-17(14)3-2-13-18(15,16)9-5-8(12)6(10)4-7(9)11/h4-5,13H,2-3,12H2,1H3. The van der Waals surface area contributed by atoms with E-state index >= 15 is 0 Å². The Morgan fingerprint density at radius 1 is 1.33 bits per heavy atom. The molecule has 0 aromatic heterocycles. The molecule has 0 radical (unpaired) electrons. The SMILES string of the molecule is CS(=O)CCNS(=O)(=O)c1cc(N)c(F)cc1F. The number of benzene rings is 1. The topological polar surface area (TPSA) is 89.3 Å². The maximum absolute atomic E-state index is 13.3. The van der Waals surface area contributed by atoms with Gasteiger partial charge in [-0.2, -0.15) is 0 Å². The van der Waals surface area contributed by atoms with Crippen LogP contribution in [-0.4, -0.2) is 31.2 Å². The van der Waals surface area contributed by atoms with Crippen LogP contribution in [0.5, 0.6) is 0 Å². The molecular weight excluding hydrogens is 286 g/mol. The van der Waals surface area contributed by atoms with Crippen LogP contribution in [0, 0.1) is 11.6 Å². The van der Waals surface area contributed by atoms with Crippen LogP contribution in [0.2, 0.25) is 0 Å². The van der Waals surface area contributed by atoms with Gasteiger partial charge in [0.1, 0.15) is 16.5 Å². The number of anilines is 1. The zero-order valence-electron chi connectivity index (χ0n) is 9.44. The third kappa shape index (κ3) is 3.72. The number of nitrogens with one attached hydrogen (secondary N) is 1. The van der Waals surface area contributed by atoms with Crippen LogP contribution in [0.4, 0.5) is 14.5 Å². The molecule has 102 valence electrons. The fraction of sp³-hybridized carbons (Fsp3) is 0.333. The number of hydrogen-bond donors (Lipinski definition) is 2. The lowest BCUT2D eigenvalue weighted by Crippen LogP contribution is -2.28. The van der Waals surface area contributed by atoms with E-state index in [1.54, 1.807) is 0 Å². The van der Waals surface area contributed by atoms with Crippen molar-refractivity contribution in [1.82, 2.24) is 4.72 Å². The Kier molecular flexibility index (Phi) is 4.77. The predicted molar refractivity (Wildman–Crippen MR) is 64.9 cm³/mol. The lowest BCUT2D eigenvalue weighted by atomic mass is 10.3. The smallest absolute Gasteiger partial charge is 0.243 e. The first kappa shape index (κ1) is 15.0. The van der Waals surface area contributed by atoms with Crippen LogP contribution in [0.1, 0.15) is 0 Å². The van der Waals surface area contributed by atoms with Crippen molar-refractivity contribution in [3.63, 3.8) is 0 Å². The lowest BCUT2D eigenvalue weighted by molar-refractivity contribution is 0.546. The lowest BCUT2D eigenvalue weighted by Gasteiger charge is -2.08. The van der Waals surface area contributed by atoms with E-state index < -0.39 is 43.0 Å². The minimum Gasteiger partial charge on any atom is -0.396 e. The van der Waals surface area contributed by atoms with E-state index in [4.69, 9.17) is 5.73 Å². The normalized spacial score (nSPS) is 13.5. The third-order valence-electron chi connectivity index (χ3n) is 2.02. The maximum atomic E-state index is 13.3. The van der Waals surface area contributed by atoms with E-state index in [-0.39, 0.29) is 12.3 Å². The molecule has 9 heteroatoms. The molecule has 0 bridgehead atoms. The third-order valence-corrected chi connectivity index (χ3v) is 4.28. The molecule has 0 amide bonds. The molecule has 5 nitrogen and oxygen atoms in total. The van der Waals surface area contributed by atoms with Crippen molar-refractivity contribution >= 4 is 26.5 Å². The highest BCUT2D eigenvalue weighted by Gasteiger charge is 2.20. The van der Waals surface area contributed by atoms with E-state index in [0.717, 1.165) is 0 Å². The molecule has 1 unspecified atom stereocenters. The maximum Gasteiger partial charge on any atom is 0.243 e. The van der Waals surface area contributed by atoms with Gasteiger partial charge in [0, 0.05) is 35.4 Å². The van der Waals surface area contributed by atoms with Crippen molar-refractivity contribution in [2.45, 2.75) is 4.90 Å². The number of hydrogen-bond acceptors (Lipinski definition) is 4. The van der Waals surface area contributed by atoms with Gasteiger partial charge in [0.2, 0.25) is 10.0 Å². The highest BCUT2D eigenvalue weighted by molar-refractivity contribution is 7.89. The van der Waals surface area contributed by atoms with Crippen LogP contribution in [0.15, 0.2) is 17.0 Å². The average molecular weight is 298 g/mol. The molecule has 0 aliphatic carbocycles. The van der Waals surface area contributed by atoms with Crippen LogP contribution >= 0.6 is 0 Å². The van der Waals surface area contributed by atoms with Crippen LogP contribution in [0.3, 0.4) is 0 Å². The van der Waals surface area contributed by atoms with E-state index in [1.165, 1.54) is 6.26 Å². The summed E-state index contributed by atoms with van der Waals surface area (Å²) in [5.74, 6) is -2.16. The van der Waals surface area contributed by atoms with Crippen molar-refractivity contribution in [3.8, 4) is 0 Å². The summed E-state index contributed by atoms with van der Waals surface area (Å²) in [6.45, 7) is -0.109. The Bertz CT molecular complexity index is 575. The monoisotopic (exact) mass is 298 g/mol. The molecule has 3 N–H and O–H groups in total. The molecule has 0 aliphatic rings. The van der Waals surface area contributed by atoms with Gasteiger partial charge in [0.25, 0.3) is 0 Å². The van der Waals surface area contributed by atoms with Gasteiger partial charge in [-0.3, -0.25) is 4.21 Å². The van der Waals surface area contributed by atoms with Crippen molar-refractivity contribution < 1.29 is 21.4 Å². The van der Waals surface area contributed by atoms with Gasteiger partial charge in [-0.1, -0.05) is 0 Å². The van der Waals surface area contributed by atoms with Gasteiger partial charge in [0.15, 0.2) is 0 Å². The van der Waals surface area contributed by atoms with Crippen molar-refractivity contribution in [3.05, 3.63) is 23.8 Å². The molecular formula is C9H12F2N2O3S2. The summed E-state index contributed by atoms with van der Waals surface area (Å²) in [7, 11) is -5.31. The first-order valence-electron chi connectivity index (χ1n) is 4.78. The summed E-state index contributed by atoms with van der Waals surface area (Å²) in [6.07, 6.45) is 1.41. The zero-order valence-corrected chi connectivity index (χ0v) is 11.1. The van der Waals surface area contributed by atoms with E-state index in [2.05, 4.69) is 4.72 Å². The first-order valence-corrected chi connectivity index (χ1v) is 7.99. The summed E-state index contributed by atoms with van der Waals surface area (Å²) >= 11 is 0. The second kappa shape index (κ2) is 5.72. The van der Waals surface area contributed by atoms with Crippen LogP contribution in [0.25, 0.3) is 0 Å². The Balaban J connectivity index is 2.98. The first-order chi connectivity index (χ1) is 8.24. The van der Waals surface area contributed by atoms with Crippen LogP contribution < -0.4 is 10.5 Å². The van der Waals surface area contributed by atoms with Crippen LogP contribution in [-0.2, 0) is 20.8 Å². The minimum atomic E-state index is -4.13. The van der Waals surface area contributed by atoms with Gasteiger partial charge in [-0.25, -0.2) is 21.9 Å². The quantitative estimate of drug-likeness (QED) is 0.760. The molecule has 18 heavy (non-hydrogen) atoms. The van der Waals surface area contributed by atoms with Gasteiger partial charge >= 0.3 is 0 Å². The minimum absolute atomic E-state index is 0.0948. The predicted octanol–water partition coefficient (Wildman–Crippen LogP) is 0.204. The molecule has 1 atom stereocenters. The largest absolute Gasteiger partial charge is 0.396 e. The summed E-state index contributed by atoms with van der Waals surface area (Å²) in [4.78, 5) is -0.733. The highest BCUT2D eigenvalue weighted by Crippen LogP contribution is 2.20. The molecule has 0 fully saturated rings. The Morgan fingerprint density at radius 3 is 2.50 bits per heavy atom. The summed E-state index contributed by atoms with van der Waals surface area (Å²) < 4.78 is 62.4. The molecule has 1 aromatic rings. The summed E-state index contributed by atoms with van der Waals surface area (Å²) in [6, 6.07) is 1.11. The van der Waals surface area contributed by atoms with E-state index in [1.807, 2.05) is 0 Å². The second-order valence-corrected chi connectivity index (χ2v) is 6.77. The number of sulfonamides is 1. The average Bonchev–Trinajstić information content (AvgIpc) is 2.22. The number of rotatable bonds is 5. The summed E-state index contributed by atoms with van der Waals surface area (Å²) in [5.41, 5.74) is 4.72. The summed E-state index contributed by atoms with van der Waals surface area (Å²) in [5, 5.41) is 0. The Hall–Kier alpha value is -1.06. The fourth-order valence-corrected chi connectivity index (χ4v) is 2.79. The number of halogens is 2. The molecule has 0 saturated heterocycles. The Morgan fingerprint density at radius 2 is 1.94 bits per heavy atom. The van der Waals surface area contributed by atoms with Gasteiger partial charge in [0.05, 0.1) is 5.69 Å². The Labute approximate surface area is 106 Å². The molecule has 0 heterocycles. The fourth-order valence-electron chi connectivity index (χ4n) is 1.15.